The van der Waals surface area contributed by atoms with Crippen molar-refractivity contribution in [2.75, 3.05) is 13.2 Å². The van der Waals surface area contributed by atoms with E-state index in [2.05, 4.69) is 22.8 Å². The Morgan fingerprint density at radius 2 is 1.56 bits per heavy atom. The molecule has 1 aliphatic carbocycles. The second-order valence-electron chi connectivity index (χ2n) is 8.05. The number of carbonyl (C=O) groups excluding carboxylic acids is 2. The molecule has 0 radical (unpaired) electrons. The number of amides is 2. The molecule has 2 amide bonds. The van der Waals surface area contributed by atoms with Gasteiger partial charge in [0.25, 0.3) is 0 Å². The van der Waals surface area contributed by atoms with Crippen molar-refractivity contribution in [1.82, 2.24) is 10.6 Å². The molecular weight excluding hydrogens is 408 g/mol. The van der Waals surface area contributed by atoms with Gasteiger partial charge in [-0.3, -0.25) is 9.59 Å². The standard InChI is InChI=1S/C25H30N2O5/c1-3-16(13-23(28)29)14-26-24(30)22(4-2)27-25(31)32-15-21-19-11-7-5-9-17(19)18-10-6-8-12-20(18)21/h5-12,16,21-22H,3-4,13-15H2,1-2H3,(H,26,30)(H,27,31)(H,28,29)/t16?,22-/m0/s1. The zero-order valence-electron chi connectivity index (χ0n) is 18.5. The highest BCUT2D eigenvalue weighted by Crippen LogP contribution is 2.44. The largest absolute Gasteiger partial charge is 0.481 e. The third-order valence-electron chi connectivity index (χ3n) is 5.97. The molecule has 7 nitrogen and oxygen atoms in total. The van der Waals surface area contributed by atoms with Crippen LogP contribution < -0.4 is 10.6 Å². The third kappa shape index (κ3) is 5.46. The molecule has 32 heavy (non-hydrogen) atoms. The van der Waals surface area contributed by atoms with Gasteiger partial charge in [-0.2, -0.15) is 0 Å². The molecule has 0 saturated heterocycles. The molecule has 7 heteroatoms. The molecule has 0 fully saturated rings. The van der Waals surface area contributed by atoms with Gasteiger partial charge in [0.05, 0.1) is 0 Å². The van der Waals surface area contributed by atoms with Crippen LogP contribution >= 0.6 is 0 Å². The molecule has 3 N–H and O–H groups in total. The second kappa shape index (κ2) is 10.8. The van der Waals surface area contributed by atoms with Crippen LogP contribution in [-0.4, -0.2) is 42.3 Å². The summed E-state index contributed by atoms with van der Waals surface area (Å²) in [7, 11) is 0. The maximum absolute atomic E-state index is 12.5. The molecule has 2 aromatic rings. The van der Waals surface area contributed by atoms with Gasteiger partial charge in [-0.25, -0.2) is 4.79 Å². The van der Waals surface area contributed by atoms with E-state index in [4.69, 9.17) is 9.84 Å². The smallest absolute Gasteiger partial charge is 0.407 e. The van der Waals surface area contributed by atoms with E-state index in [0.717, 1.165) is 22.3 Å². The molecule has 1 unspecified atom stereocenters. The predicted octanol–water partition coefficient (Wildman–Crippen LogP) is 3.92. The quantitative estimate of drug-likeness (QED) is 0.521. The van der Waals surface area contributed by atoms with Crippen molar-refractivity contribution >= 4 is 18.0 Å². The minimum Gasteiger partial charge on any atom is -0.481 e. The summed E-state index contributed by atoms with van der Waals surface area (Å²) < 4.78 is 5.51. The topological polar surface area (TPSA) is 105 Å². The lowest BCUT2D eigenvalue weighted by atomic mass is 9.98. The van der Waals surface area contributed by atoms with E-state index < -0.39 is 18.1 Å². The van der Waals surface area contributed by atoms with E-state index in [1.807, 2.05) is 43.3 Å². The minimum atomic E-state index is -0.894. The van der Waals surface area contributed by atoms with Gasteiger partial charge in [0.2, 0.25) is 5.91 Å². The summed E-state index contributed by atoms with van der Waals surface area (Å²) in [6.07, 6.45) is 0.383. The number of carbonyl (C=O) groups is 3. The number of nitrogens with one attached hydrogen (secondary N) is 2. The number of hydrogen-bond donors (Lipinski definition) is 3. The first-order valence-corrected chi connectivity index (χ1v) is 11.1. The number of benzene rings is 2. The highest BCUT2D eigenvalue weighted by atomic mass is 16.5. The van der Waals surface area contributed by atoms with Crippen LogP contribution in [0.15, 0.2) is 48.5 Å². The van der Waals surface area contributed by atoms with E-state index in [0.29, 0.717) is 12.8 Å². The zero-order valence-corrected chi connectivity index (χ0v) is 18.5. The van der Waals surface area contributed by atoms with Crippen LogP contribution in [0.5, 0.6) is 0 Å². The lowest BCUT2D eigenvalue weighted by molar-refractivity contribution is -0.138. The van der Waals surface area contributed by atoms with Crippen LogP contribution in [0.4, 0.5) is 4.79 Å². The van der Waals surface area contributed by atoms with Gasteiger partial charge in [0.15, 0.2) is 0 Å². The highest BCUT2D eigenvalue weighted by molar-refractivity contribution is 5.85. The predicted molar refractivity (Wildman–Crippen MR) is 121 cm³/mol. The van der Waals surface area contributed by atoms with E-state index in [-0.39, 0.29) is 37.3 Å². The van der Waals surface area contributed by atoms with Gasteiger partial charge in [-0.05, 0) is 34.6 Å². The summed E-state index contributed by atoms with van der Waals surface area (Å²) >= 11 is 0. The first kappa shape index (κ1) is 23.3. The summed E-state index contributed by atoms with van der Waals surface area (Å²) in [5, 5.41) is 14.3. The SMILES string of the molecule is CCC(CNC(=O)[C@H](CC)NC(=O)OCC1c2ccccc2-c2ccccc21)CC(=O)O. The molecule has 0 heterocycles. The molecule has 2 atom stereocenters. The molecule has 0 saturated carbocycles. The summed E-state index contributed by atoms with van der Waals surface area (Å²) in [5.74, 6) is -1.44. The highest BCUT2D eigenvalue weighted by Gasteiger charge is 2.29. The van der Waals surface area contributed by atoms with Crippen LogP contribution in [0.1, 0.15) is 50.2 Å². The lowest BCUT2D eigenvalue weighted by Crippen LogP contribution is -2.47. The van der Waals surface area contributed by atoms with Crippen LogP contribution in [0.25, 0.3) is 11.1 Å². The Labute approximate surface area is 188 Å². The van der Waals surface area contributed by atoms with E-state index in [1.54, 1.807) is 6.92 Å². The van der Waals surface area contributed by atoms with Crippen LogP contribution in [0, 0.1) is 5.92 Å². The van der Waals surface area contributed by atoms with Crippen LogP contribution in [0.3, 0.4) is 0 Å². The van der Waals surface area contributed by atoms with Crippen molar-refractivity contribution in [3.05, 3.63) is 59.7 Å². The van der Waals surface area contributed by atoms with Crippen molar-refractivity contribution in [2.24, 2.45) is 5.92 Å². The number of hydrogen-bond acceptors (Lipinski definition) is 4. The van der Waals surface area contributed by atoms with Gasteiger partial charge in [0.1, 0.15) is 12.6 Å². The fraction of sp³-hybridized carbons (Fsp3) is 0.400. The average Bonchev–Trinajstić information content (AvgIpc) is 3.12. The maximum Gasteiger partial charge on any atom is 0.407 e. The Balaban J connectivity index is 1.56. The molecule has 0 bridgehead atoms. The van der Waals surface area contributed by atoms with Gasteiger partial charge < -0.3 is 20.5 Å². The van der Waals surface area contributed by atoms with Crippen molar-refractivity contribution in [3.63, 3.8) is 0 Å². The van der Waals surface area contributed by atoms with E-state index >= 15 is 0 Å². The average molecular weight is 439 g/mol. The van der Waals surface area contributed by atoms with Gasteiger partial charge in [0, 0.05) is 18.9 Å². The number of fused-ring (bicyclic) bond motifs is 3. The first-order chi connectivity index (χ1) is 15.4. The molecular formula is C25H30N2O5. The Morgan fingerprint density at radius 3 is 2.09 bits per heavy atom. The molecule has 0 spiro atoms. The first-order valence-electron chi connectivity index (χ1n) is 11.1. The fourth-order valence-electron chi connectivity index (χ4n) is 4.11. The number of ether oxygens (including phenoxy) is 1. The number of carboxylic acid groups (broad SMARTS) is 1. The number of rotatable bonds is 10. The molecule has 3 rings (SSSR count). The third-order valence-corrected chi connectivity index (χ3v) is 5.97. The zero-order chi connectivity index (χ0) is 23.1. The normalized spacial score (nSPS) is 14.1. The number of carboxylic acids is 1. The summed E-state index contributed by atoms with van der Waals surface area (Å²) in [6, 6.07) is 15.4. The van der Waals surface area contributed by atoms with E-state index in [9.17, 15) is 14.4 Å². The summed E-state index contributed by atoms with van der Waals surface area (Å²) in [5.41, 5.74) is 4.54. The number of alkyl carbamates (subject to hydrolysis) is 1. The Bertz CT molecular complexity index is 929. The number of aliphatic carboxylic acids is 1. The van der Waals surface area contributed by atoms with Crippen molar-refractivity contribution in [1.29, 1.82) is 0 Å². The van der Waals surface area contributed by atoms with Crippen molar-refractivity contribution in [3.8, 4) is 11.1 Å². The molecule has 0 aliphatic heterocycles. The molecule has 170 valence electrons. The van der Waals surface area contributed by atoms with Crippen LogP contribution in [-0.2, 0) is 14.3 Å². The second-order valence-corrected chi connectivity index (χ2v) is 8.05. The summed E-state index contributed by atoms with van der Waals surface area (Å²) in [6.45, 7) is 4.10. The fourth-order valence-corrected chi connectivity index (χ4v) is 4.11. The minimum absolute atomic E-state index is 0.00657. The van der Waals surface area contributed by atoms with Gasteiger partial charge in [-0.1, -0.05) is 68.8 Å². The van der Waals surface area contributed by atoms with Crippen LogP contribution in [0.2, 0.25) is 0 Å². The Kier molecular flexibility index (Phi) is 7.87. The molecule has 1 aliphatic rings. The van der Waals surface area contributed by atoms with Crippen molar-refractivity contribution in [2.45, 2.75) is 45.1 Å². The molecule has 0 aromatic heterocycles. The summed E-state index contributed by atoms with van der Waals surface area (Å²) in [4.78, 5) is 35.8. The van der Waals surface area contributed by atoms with Crippen molar-refractivity contribution < 1.29 is 24.2 Å². The molecule has 2 aromatic carbocycles. The Morgan fingerprint density at radius 1 is 0.969 bits per heavy atom. The maximum atomic E-state index is 12.5. The Hall–Kier alpha value is -3.35. The van der Waals surface area contributed by atoms with Gasteiger partial charge in [-0.15, -0.1) is 0 Å². The monoisotopic (exact) mass is 438 g/mol. The van der Waals surface area contributed by atoms with Gasteiger partial charge >= 0.3 is 12.1 Å². The van der Waals surface area contributed by atoms with E-state index in [1.165, 1.54) is 0 Å². The lowest BCUT2D eigenvalue weighted by Gasteiger charge is -2.20.